The van der Waals surface area contributed by atoms with Crippen LogP contribution in [0.5, 0.6) is 5.75 Å². The van der Waals surface area contributed by atoms with Gasteiger partial charge in [0.05, 0.1) is 6.10 Å². The largest absolute Gasteiger partial charge is 0.491 e. The van der Waals surface area contributed by atoms with Gasteiger partial charge in [-0.25, -0.2) is 0 Å². The van der Waals surface area contributed by atoms with Gasteiger partial charge in [0.25, 0.3) is 0 Å². The van der Waals surface area contributed by atoms with Crippen LogP contribution >= 0.6 is 0 Å². The summed E-state index contributed by atoms with van der Waals surface area (Å²) in [5.41, 5.74) is 8.84. The molecule has 0 saturated heterocycles. The molecule has 3 heteroatoms. The van der Waals surface area contributed by atoms with E-state index >= 15 is 0 Å². The van der Waals surface area contributed by atoms with Crippen molar-refractivity contribution in [3.63, 3.8) is 0 Å². The summed E-state index contributed by atoms with van der Waals surface area (Å²) in [6.07, 6.45) is 7.32. The SMILES string of the molecule is CC(C)Oc1ccc2[nH]cc(C3(CN)CCCC3)c2c1. The van der Waals surface area contributed by atoms with E-state index in [1.807, 2.05) is 6.07 Å². The molecule has 108 valence electrons. The molecular formula is C17H24N2O. The lowest BCUT2D eigenvalue weighted by molar-refractivity contribution is 0.242. The first-order valence-electron chi connectivity index (χ1n) is 7.63. The number of benzene rings is 1. The van der Waals surface area contributed by atoms with Gasteiger partial charge in [0.15, 0.2) is 0 Å². The number of rotatable bonds is 4. The Balaban J connectivity index is 2.06. The normalized spacial score (nSPS) is 18.0. The van der Waals surface area contributed by atoms with Gasteiger partial charge in [-0.05, 0) is 50.5 Å². The quantitative estimate of drug-likeness (QED) is 0.891. The number of hydrogen-bond acceptors (Lipinski definition) is 2. The van der Waals surface area contributed by atoms with Crippen molar-refractivity contribution >= 4 is 10.9 Å². The van der Waals surface area contributed by atoms with Gasteiger partial charge in [-0.1, -0.05) is 12.8 Å². The molecule has 2 aromatic rings. The molecule has 1 aliphatic rings. The molecule has 0 atom stereocenters. The molecule has 0 spiro atoms. The van der Waals surface area contributed by atoms with Crippen molar-refractivity contribution in [2.45, 2.75) is 51.0 Å². The zero-order chi connectivity index (χ0) is 14.2. The second kappa shape index (κ2) is 5.13. The molecule has 0 bridgehead atoms. The van der Waals surface area contributed by atoms with Crippen molar-refractivity contribution in [1.82, 2.24) is 4.98 Å². The van der Waals surface area contributed by atoms with Crippen molar-refractivity contribution in [2.75, 3.05) is 6.54 Å². The van der Waals surface area contributed by atoms with Crippen LogP contribution in [0.3, 0.4) is 0 Å². The summed E-state index contributed by atoms with van der Waals surface area (Å²) < 4.78 is 5.83. The average molecular weight is 272 g/mol. The Hall–Kier alpha value is -1.48. The molecule has 1 aromatic carbocycles. The van der Waals surface area contributed by atoms with Gasteiger partial charge < -0.3 is 15.5 Å². The van der Waals surface area contributed by atoms with Crippen LogP contribution in [0.15, 0.2) is 24.4 Å². The molecule has 3 nitrogen and oxygen atoms in total. The first kappa shape index (κ1) is 13.5. The van der Waals surface area contributed by atoms with Crippen molar-refractivity contribution in [3.8, 4) is 5.75 Å². The molecule has 0 unspecified atom stereocenters. The highest BCUT2D eigenvalue weighted by molar-refractivity contribution is 5.85. The predicted octanol–water partition coefficient (Wildman–Crippen LogP) is 3.73. The van der Waals surface area contributed by atoms with Gasteiger partial charge in [-0.15, -0.1) is 0 Å². The molecular weight excluding hydrogens is 248 g/mol. The maximum Gasteiger partial charge on any atom is 0.120 e. The van der Waals surface area contributed by atoms with E-state index in [2.05, 4.69) is 37.2 Å². The number of fused-ring (bicyclic) bond motifs is 1. The monoisotopic (exact) mass is 272 g/mol. The fourth-order valence-corrected chi connectivity index (χ4v) is 3.52. The van der Waals surface area contributed by atoms with E-state index in [-0.39, 0.29) is 11.5 Å². The molecule has 1 fully saturated rings. The van der Waals surface area contributed by atoms with Crippen molar-refractivity contribution in [1.29, 1.82) is 0 Å². The van der Waals surface area contributed by atoms with E-state index < -0.39 is 0 Å². The summed E-state index contributed by atoms with van der Waals surface area (Å²) in [7, 11) is 0. The molecule has 1 aromatic heterocycles. The van der Waals surface area contributed by atoms with Crippen LogP contribution in [-0.2, 0) is 5.41 Å². The molecule has 3 rings (SSSR count). The summed E-state index contributed by atoms with van der Waals surface area (Å²) >= 11 is 0. The Labute approximate surface area is 120 Å². The predicted molar refractivity (Wildman–Crippen MR) is 83.3 cm³/mol. The average Bonchev–Trinajstić information content (AvgIpc) is 3.04. The maximum atomic E-state index is 6.12. The molecule has 1 heterocycles. The lowest BCUT2D eigenvalue weighted by Crippen LogP contribution is -2.31. The van der Waals surface area contributed by atoms with E-state index in [0.29, 0.717) is 0 Å². The minimum Gasteiger partial charge on any atom is -0.491 e. The van der Waals surface area contributed by atoms with Crippen LogP contribution in [0, 0.1) is 0 Å². The molecule has 1 aliphatic carbocycles. The summed E-state index contributed by atoms with van der Waals surface area (Å²) in [4.78, 5) is 3.39. The fraction of sp³-hybridized carbons (Fsp3) is 0.529. The summed E-state index contributed by atoms with van der Waals surface area (Å²) in [5, 5.41) is 1.27. The third kappa shape index (κ3) is 2.20. The third-order valence-corrected chi connectivity index (χ3v) is 4.55. The van der Waals surface area contributed by atoms with Crippen LogP contribution in [0.25, 0.3) is 10.9 Å². The molecule has 20 heavy (non-hydrogen) atoms. The maximum absolute atomic E-state index is 6.12. The zero-order valence-electron chi connectivity index (χ0n) is 12.4. The number of nitrogens with two attached hydrogens (primary N) is 1. The van der Waals surface area contributed by atoms with E-state index in [4.69, 9.17) is 10.5 Å². The Morgan fingerprint density at radius 3 is 2.70 bits per heavy atom. The van der Waals surface area contributed by atoms with E-state index in [0.717, 1.165) is 12.3 Å². The second-order valence-electron chi connectivity index (χ2n) is 6.27. The molecule has 0 aliphatic heterocycles. The highest BCUT2D eigenvalue weighted by atomic mass is 16.5. The summed E-state index contributed by atoms with van der Waals surface area (Å²) in [5.74, 6) is 0.943. The third-order valence-electron chi connectivity index (χ3n) is 4.55. The van der Waals surface area contributed by atoms with Gasteiger partial charge in [0.2, 0.25) is 0 Å². The number of H-pyrrole nitrogens is 1. The standard InChI is InChI=1S/C17H24N2O/c1-12(2)20-13-5-6-16-14(9-13)15(10-19-16)17(11-18)7-3-4-8-17/h5-6,9-10,12,19H,3-4,7-8,11,18H2,1-2H3. The lowest BCUT2D eigenvalue weighted by atomic mass is 9.79. The molecule has 0 radical (unpaired) electrons. The number of hydrogen-bond donors (Lipinski definition) is 2. The summed E-state index contributed by atoms with van der Waals surface area (Å²) in [6.45, 7) is 4.84. The van der Waals surface area contributed by atoms with Crippen LogP contribution in [0.1, 0.15) is 45.1 Å². The Bertz CT molecular complexity index is 594. The van der Waals surface area contributed by atoms with E-state index in [1.54, 1.807) is 0 Å². The number of ether oxygens (including phenoxy) is 1. The number of nitrogens with one attached hydrogen (secondary N) is 1. The second-order valence-corrected chi connectivity index (χ2v) is 6.27. The highest BCUT2D eigenvalue weighted by Crippen LogP contribution is 2.43. The molecule has 3 N–H and O–H groups in total. The van der Waals surface area contributed by atoms with Gasteiger partial charge in [-0.2, -0.15) is 0 Å². The topological polar surface area (TPSA) is 51.0 Å². The lowest BCUT2D eigenvalue weighted by Gasteiger charge is -2.27. The van der Waals surface area contributed by atoms with Crippen molar-refractivity contribution in [2.24, 2.45) is 5.73 Å². The van der Waals surface area contributed by atoms with Gasteiger partial charge in [0.1, 0.15) is 5.75 Å². The first-order valence-corrected chi connectivity index (χ1v) is 7.63. The smallest absolute Gasteiger partial charge is 0.120 e. The van der Waals surface area contributed by atoms with Gasteiger partial charge >= 0.3 is 0 Å². The van der Waals surface area contributed by atoms with Gasteiger partial charge in [0, 0.05) is 29.1 Å². The van der Waals surface area contributed by atoms with E-state index in [9.17, 15) is 0 Å². The number of aromatic amines is 1. The highest BCUT2D eigenvalue weighted by Gasteiger charge is 2.36. The van der Waals surface area contributed by atoms with Gasteiger partial charge in [-0.3, -0.25) is 0 Å². The zero-order valence-corrected chi connectivity index (χ0v) is 12.4. The van der Waals surface area contributed by atoms with E-state index in [1.165, 1.54) is 42.1 Å². The van der Waals surface area contributed by atoms with Crippen molar-refractivity contribution in [3.05, 3.63) is 30.0 Å². The minimum atomic E-state index is 0.161. The minimum absolute atomic E-state index is 0.161. The Morgan fingerprint density at radius 1 is 1.30 bits per heavy atom. The molecule has 1 saturated carbocycles. The summed E-state index contributed by atoms with van der Waals surface area (Å²) in [6, 6.07) is 6.30. The number of aromatic nitrogens is 1. The Morgan fingerprint density at radius 2 is 2.05 bits per heavy atom. The Kier molecular flexibility index (Phi) is 3.47. The first-order chi connectivity index (χ1) is 9.64. The van der Waals surface area contributed by atoms with Crippen LogP contribution < -0.4 is 10.5 Å². The fourth-order valence-electron chi connectivity index (χ4n) is 3.52. The van der Waals surface area contributed by atoms with Crippen LogP contribution in [0.4, 0.5) is 0 Å². The van der Waals surface area contributed by atoms with Crippen LogP contribution in [0.2, 0.25) is 0 Å². The van der Waals surface area contributed by atoms with Crippen molar-refractivity contribution < 1.29 is 4.74 Å². The molecule has 0 amide bonds. The van der Waals surface area contributed by atoms with Crippen LogP contribution in [-0.4, -0.2) is 17.6 Å².